The number of unbranched alkanes of at least 4 members (excludes halogenated alkanes) is 2. The van der Waals surface area contributed by atoms with Crippen LogP contribution in [0.5, 0.6) is 0 Å². The van der Waals surface area contributed by atoms with Gasteiger partial charge in [0.15, 0.2) is 18.5 Å². The van der Waals surface area contributed by atoms with Gasteiger partial charge in [0.1, 0.15) is 6.10 Å². The lowest BCUT2D eigenvalue weighted by Crippen LogP contribution is -2.38. The summed E-state index contributed by atoms with van der Waals surface area (Å²) < 4.78 is 22.3. The molecular formula is C22H34O7. The Balaban J connectivity index is 2.09. The molecule has 0 radical (unpaired) electrons. The molecule has 7 nitrogen and oxygen atoms in total. The molecule has 1 fully saturated rings. The van der Waals surface area contributed by atoms with Gasteiger partial charge in [-0.05, 0) is 37.3 Å². The van der Waals surface area contributed by atoms with Gasteiger partial charge in [0.25, 0.3) is 0 Å². The zero-order valence-electron chi connectivity index (χ0n) is 17.7. The molecule has 0 spiro atoms. The van der Waals surface area contributed by atoms with Gasteiger partial charge >= 0.3 is 11.9 Å². The van der Waals surface area contributed by atoms with Crippen molar-refractivity contribution < 1.29 is 33.6 Å². The molecule has 2 aliphatic rings. The van der Waals surface area contributed by atoms with Crippen molar-refractivity contribution >= 4 is 11.9 Å². The Labute approximate surface area is 173 Å². The van der Waals surface area contributed by atoms with E-state index in [9.17, 15) is 14.7 Å². The Bertz CT molecular complexity index is 592. The average Bonchev–Trinajstić information content (AvgIpc) is 2.94. The molecule has 1 saturated heterocycles. The second-order valence-corrected chi connectivity index (χ2v) is 7.59. The average molecular weight is 411 g/mol. The molecule has 2 rings (SSSR count). The van der Waals surface area contributed by atoms with Crippen molar-refractivity contribution in [3.8, 4) is 0 Å². The highest BCUT2D eigenvalue weighted by molar-refractivity contribution is 5.68. The third-order valence-corrected chi connectivity index (χ3v) is 4.98. The highest BCUT2D eigenvalue weighted by Crippen LogP contribution is 2.28. The molecule has 0 aromatic carbocycles. The van der Waals surface area contributed by atoms with Gasteiger partial charge in [-0.3, -0.25) is 9.59 Å². The zero-order valence-corrected chi connectivity index (χ0v) is 17.7. The molecule has 1 aliphatic heterocycles. The van der Waals surface area contributed by atoms with E-state index >= 15 is 0 Å². The number of hydrogen-bond donors (Lipinski definition) is 1. The van der Waals surface area contributed by atoms with E-state index in [0.29, 0.717) is 12.2 Å². The molecule has 0 amide bonds. The van der Waals surface area contributed by atoms with Gasteiger partial charge in [-0.1, -0.05) is 38.3 Å². The molecule has 7 heteroatoms. The normalized spacial score (nSPS) is 28.2. The minimum atomic E-state index is -1.04. The van der Waals surface area contributed by atoms with Crippen molar-refractivity contribution in [3.05, 3.63) is 23.8 Å². The summed E-state index contributed by atoms with van der Waals surface area (Å²) in [6.45, 7) is 5.41. The molecule has 0 aromatic rings. The Hall–Kier alpha value is -1.70. The number of carbonyl (C=O) groups is 2. The van der Waals surface area contributed by atoms with Crippen molar-refractivity contribution in [3.63, 3.8) is 0 Å². The van der Waals surface area contributed by atoms with Crippen molar-refractivity contribution in [2.45, 2.75) is 96.4 Å². The predicted octanol–water partition coefficient (Wildman–Crippen LogP) is 3.20. The van der Waals surface area contributed by atoms with E-state index in [-0.39, 0.29) is 12.4 Å². The van der Waals surface area contributed by atoms with E-state index in [4.69, 9.17) is 18.9 Å². The summed E-state index contributed by atoms with van der Waals surface area (Å²) in [7, 11) is 0. The molecule has 5 atom stereocenters. The highest BCUT2D eigenvalue weighted by Gasteiger charge is 2.40. The van der Waals surface area contributed by atoms with Gasteiger partial charge in [-0.25, -0.2) is 0 Å². The van der Waals surface area contributed by atoms with E-state index in [2.05, 4.69) is 6.92 Å². The van der Waals surface area contributed by atoms with Crippen LogP contribution in [-0.4, -0.2) is 54.4 Å². The van der Waals surface area contributed by atoms with Crippen LogP contribution in [0.25, 0.3) is 0 Å². The predicted molar refractivity (Wildman–Crippen MR) is 107 cm³/mol. The molecule has 1 N–H and O–H groups in total. The van der Waals surface area contributed by atoms with Gasteiger partial charge < -0.3 is 24.1 Å². The van der Waals surface area contributed by atoms with Gasteiger partial charge in [0.2, 0.25) is 0 Å². The van der Waals surface area contributed by atoms with E-state index in [1.54, 1.807) is 12.2 Å². The first-order valence-corrected chi connectivity index (χ1v) is 10.6. The molecule has 0 saturated carbocycles. The number of aliphatic hydroxyl groups excluding tert-OH is 1. The number of aliphatic hydroxyl groups is 1. The Morgan fingerprint density at radius 2 is 2.00 bits per heavy atom. The van der Waals surface area contributed by atoms with Crippen molar-refractivity contribution in [1.29, 1.82) is 0 Å². The fourth-order valence-electron chi connectivity index (χ4n) is 3.58. The van der Waals surface area contributed by atoms with Crippen LogP contribution in [0.15, 0.2) is 23.8 Å². The molecule has 2 unspecified atom stereocenters. The summed E-state index contributed by atoms with van der Waals surface area (Å²) in [5.41, 5.74) is 0.590. The second-order valence-electron chi connectivity index (χ2n) is 7.59. The summed E-state index contributed by atoms with van der Waals surface area (Å²) >= 11 is 0. The third kappa shape index (κ3) is 7.91. The Morgan fingerprint density at radius 3 is 2.62 bits per heavy atom. The first-order valence-electron chi connectivity index (χ1n) is 10.6. The number of esters is 2. The second kappa shape index (κ2) is 12.1. The summed E-state index contributed by atoms with van der Waals surface area (Å²) in [4.78, 5) is 22.9. The van der Waals surface area contributed by atoms with E-state index < -0.39 is 30.3 Å². The minimum Gasteiger partial charge on any atom is -0.455 e. The van der Waals surface area contributed by atoms with Crippen LogP contribution in [0.2, 0.25) is 0 Å². The SMILES string of the molecule is CCCCCC(C=CC1=C[C@H](O)[C@H](OC(C)=O)[C@H]1OC(C)=O)OC1CCCCO1. The van der Waals surface area contributed by atoms with Crippen LogP contribution < -0.4 is 0 Å². The van der Waals surface area contributed by atoms with Crippen LogP contribution in [0, 0.1) is 0 Å². The first-order chi connectivity index (χ1) is 13.9. The lowest BCUT2D eigenvalue weighted by atomic mass is 10.1. The highest BCUT2D eigenvalue weighted by atomic mass is 16.7. The van der Waals surface area contributed by atoms with Gasteiger partial charge in [0.05, 0.1) is 6.10 Å². The summed E-state index contributed by atoms with van der Waals surface area (Å²) in [6, 6.07) is 0. The molecule has 29 heavy (non-hydrogen) atoms. The number of carbonyl (C=O) groups excluding carboxylic acids is 2. The molecular weight excluding hydrogens is 376 g/mol. The van der Waals surface area contributed by atoms with Crippen LogP contribution in [0.3, 0.4) is 0 Å². The third-order valence-electron chi connectivity index (χ3n) is 4.98. The van der Waals surface area contributed by atoms with Crippen LogP contribution >= 0.6 is 0 Å². The zero-order chi connectivity index (χ0) is 21.2. The fraction of sp³-hybridized carbons (Fsp3) is 0.727. The maximum atomic E-state index is 11.5. The van der Waals surface area contributed by atoms with E-state index in [1.807, 2.05) is 6.08 Å². The Kier molecular flexibility index (Phi) is 9.84. The van der Waals surface area contributed by atoms with E-state index in [0.717, 1.165) is 44.9 Å². The minimum absolute atomic E-state index is 0.145. The smallest absolute Gasteiger partial charge is 0.303 e. The topological polar surface area (TPSA) is 91.3 Å². The first kappa shape index (κ1) is 23.6. The van der Waals surface area contributed by atoms with Gasteiger partial charge in [-0.15, -0.1) is 0 Å². The number of ether oxygens (including phenoxy) is 4. The molecule has 164 valence electrons. The quantitative estimate of drug-likeness (QED) is 0.437. The fourth-order valence-corrected chi connectivity index (χ4v) is 3.58. The lowest BCUT2D eigenvalue weighted by molar-refractivity contribution is -0.179. The van der Waals surface area contributed by atoms with E-state index in [1.165, 1.54) is 13.8 Å². The van der Waals surface area contributed by atoms with Crippen LogP contribution in [0.1, 0.15) is 65.7 Å². The summed E-state index contributed by atoms with van der Waals surface area (Å²) in [6.07, 6.45) is 9.22. The van der Waals surface area contributed by atoms with Crippen molar-refractivity contribution in [2.24, 2.45) is 0 Å². The van der Waals surface area contributed by atoms with Crippen molar-refractivity contribution in [1.82, 2.24) is 0 Å². The molecule has 1 heterocycles. The molecule has 0 aromatic heterocycles. The lowest BCUT2D eigenvalue weighted by Gasteiger charge is -2.27. The summed E-state index contributed by atoms with van der Waals surface area (Å²) in [5.74, 6) is -1.05. The maximum absolute atomic E-state index is 11.5. The number of rotatable bonds is 10. The van der Waals surface area contributed by atoms with Gasteiger partial charge in [-0.2, -0.15) is 0 Å². The van der Waals surface area contributed by atoms with Gasteiger partial charge in [0, 0.05) is 20.5 Å². The Morgan fingerprint density at radius 1 is 1.24 bits per heavy atom. The monoisotopic (exact) mass is 410 g/mol. The van der Waals surface area contributed by atoms with Crippen LogP contribution in [0.4, 0.5) is 0 Å². The van der Waals surface area contributed by atoms with Crippen molar-refractivity contribution in [2.75, 3.05) is 6.61 Å². The summed E-state index contributed by atoms with van der Waals surface area (Å²) in [5, 5.41) is 10.3. The molecule has 1 aliphatic carbocycles. The largest absolute Gasteiger partial charge is 0.455 e. The standard InChI is InChI=1S/C22H34O7/c1-4-5-6-9-18(29-20-10-7-8-13-26-20)12-11-17-14-19(25)22(28-16(3)24)21(17)27-15(2)23/h11-12,14,18-22,25H,4-10,13H2,1-3H3/t18?,19-,20?,21-,22-/m0/s1. The van der Waals surface area contributed by atoms with Crippen LogP contribution in [-0.2, 0) is 28.5 Å². The molecule has 0 bridgehead atoms. The maximum Gasteiger partial charge on any atom is 0.303 e. The number of hydrogen-bond acceptors (Lipinski definition) is 7.